The number of rotatable bonds is 2. The molecule has 0 aromatic heterocycles. The molecule has 0 aromatic carbocycles. The molecular weight excluding hydrogens is 130 g/mol. The first-order valence-electron chi connectivity index (χ1n) is 2.09. The fourth-order valence-electron chi connectivity index (χ4n) is 0.135. The summed E-state index contributed by atoms with van der Waals surface area (Å²) in [4.78, 5) is 10.3. The Balaban J connectivity index is 3.82. The van der Waals surface area contributed by atoms with E-state index in [1.807, 2.05) is 0 Å². The highest BCUT2D eigenvalue weighted by molar-refractivity contribution is 6.28. The van der Waals surface area contributed by atoms with Crippen molar-refractivity contribution in [3.05, 3.63) is 0 Å². The smallest absolute Gasteiger partial charge is 0.193 e. The van der Waals surface area contributed by atoms with Crippen LogP contribution in [0.3, 0.4) is 0 Å². The van der Waals surface area contributed by atoms with Gasteiger partial charge in [0.25, 0.3) is 0 Å². The number of alkyl halides is 1. The van der Waals surface area contributed by atoms with Crippen LogP contribution in [0.15, 0.2) is 0 Å². The van der Waals surface area contributed by atoms with Gasteiger partial charge in [0, 0.05) is 0 Å². The quantitative estimate of drug-likeness (QED) is 0.397. The summed E-state index contributed by atoms with van der Waals surface area (Å²) in [5, 5.41) is 8.63. The summed E-state index contributed by atoms with van der Waals surface area (Å²) in [6, 6.07) is 0. The van der Waals surface area contributed by atoms with Crippen LogP contribution in [0.25, 0.3) is 0 Å². The number of nitrogens with two attached hydrogens (primary N) is 1. The number of halogens is 1. The van der Waals surface area contributed by atoms with Gasteiger partial charge in [0.05, 0.1) is 5.88 Å². The lowest BCUT2D eigenvalue weighted by atomic mass is 10.2. The van der Waals surface area contributed by atoms with Gasteiger partial charge in [-0.15, -0.1) is 11.6 Å². The summed E-state index contributed by atoms with van der Waals surface area (Å²) < 4.78 is 0. The summed E-state index contributed by atoms with van der Waals surface area (Å²) >= 11 is 5.05. The number of carbonyl (C=O) groups is 1. The SMILES string of the molecule is CC(N)(O)C(=O)CCl. The van der Waals surface area contributed by atoms with Crippen molar-refractivity contribution in [2.24, 2.45) is 5.73 Å². The molecule has 0 fully saturated rings. The van der Waals surface area contributed by atoms with E-state index >= 15 is 0 Å². The molecule has 0 spiro atoms. The molecule has 0 radical (unpaired) electrons. The third-order valence-electron chi connectivity index (χ3n) is 0.686. The molecule has 0 amide bonds. The third kappa shape index (κ3) is 2.26. The van der Waals surface area contributed by atoms with E-state index in [9.17, 15) is 4.79 Å². The van der Waals surface area contributed by atoms with Gasteiger partial charge in [-0.05, 0) is 6.92 Å². The molecule has 48 valence electrons. The number of ketones is 1. The lowest BCUT2D eigenvalue weighted by Gasteiger charge is -2.12. The molecule has 1 unspecified atom stereocenters. The Morgan fingerprint density at radius 3 is 2.38 bits per heavy atom. The first kappa shape index (κ1) is 7.88. The van der Waals surface area contributed by atoms with Crippen LogP contribution in [0.1, 0.15) is 6.92 Å². The molecule has 0 rings (SSSR count). The van der Waals surface area contributed by atoms with E-state index in [0.717, 1.165) is 0 Å². The lowest BCUT2D eigenvalue weighted by molar-refractivity contribution is -0.132. The summed E-state index contributed by atoms with van der Waals surface area (Å²) in [5.41, 5.74) is 3.15. The van der Waals surface area contributed by atoms with Crippen molar-refractivity contribution >= 4 is 17.4 Å². The van der Waals surface area contributed by atoms with Crippen molar-refractivity contribution in [2.45, 2.75) is 12.6 Å². The van der Waals surface area contributed by atoms with Crippen LogP contribution in [0.4, 0.5) is 0 Å². The average Bonchev–Trinajstić information content (AvgIpc) is 1.62. The predicted molar refractivity (Wildman–Crippen MR) is 30.5 cm³/mol. The number of hydrogen-bond acceptors (Lipinski definition) is 3. The molecule has 4 heteroatoms. The van der Waals surface area contributed by atoms with Crippen molar-refractivity contribution in [3.8, 4) is 0 Å². The molecule has 0 aliphatic heterocycles. The summed E-state index contributed by atoms with van der Waals surface area (Å²) in [5.74, 6) is -0.817. The van der Waals surface area contributed by atoms with E-state index in [0.29, 0.717) is 0 Å². The summed E-state index contributed by atoms with van der Waals surface area (Å²) in [7, 11) is 0. The van der Waals surface area contributed by atoms with Crippen molar-refractivity contribution in [2.75, 3.05) is 5.88 Å². The van der Waals surface area contributed by atoms with Gasteiger partial charge in [-0.1, -0.05) is 0 Å². The van der Waals surface area contributed by atoms with Crippen LogP contribution in [-0.4, -0.2) is 22.5 Å². The van der Waals surface area contributed by atoms with Crippen molar-refractivity contribution < 1.29 is 9.90 Å². The zero-order valence-corrected chi connectivity index (χ0v) is 5.27. The molecule has 0 aliphatic rings. The molecule has 3 nitrogen and oxygen atoms in total. The van der Waals surface area contributed by atoms with Crippen molar-refractivity contribution in [3.63, 3.8) is 0 Å². The molecule has 3 N–H and O–H groups in total. The first-order valence-corrected chi connectivity index (χ1v) is 2.62. The van der Waals surface area contributed by atoms with Gasteiger partial charge in [0.2, 0.25) is 0 Å². The Labute approximate surface area is 52.4 Å². The second kappa shape index (κ2) is 2.44. The van der Waals surface area contributed by atoms with Crippen LogP contribution in [0, 0.1) is 0 Å². The maximum absolute atomic E-state index is 10.3. The van der Waals surface area contributed by atoms with Crippen LogP contribution in [0.5, 0.6) is 0 Å². The molecule has 0 aromatic rings. The van der Waals surface area contributed by atoms with Gasteiger partial charge in [-0.3, -0.25) is 10.5 Å². The van der Waals surface area contributed by atoms with Gasteiger partial charge >= 0.3 is 0 Å². The van der Waals surface area contributed by atoms with E-state index in [1.165, 1.54) is 6.92 Å². The zero-order chi connectivity index (χ0) is 6.78. The maximum Gasteiger partial charge on any atom is 0.193 e. The van der Waals surface area contributed by atoms with Crippen molar-refractivity contribution in [1.29, 1.82) is 0 Å². The molecule has 1 atom stereocenters. The Bertz CT molecular complexity index is 96.7. The minimum atomic E-state index is -1.76. The highest BCUT2D eigenvalue weighted by Gasteiger charge is 2.22. The molecule has 0 bridgehead atoms. The Morgan fingerprint density at radius 2 is 2.38 bits per heavy atom. The Hall–Kier alpha value is -0.120. The standard InChI is InChI=1S/C4H8ClNO2/c1-4(6,8)3(7)2-5/h8H,2,6H2,1H3. The van der Waals surface area contributed by atoms with Gasteiger partial charge < -0.3 is 5.11 Å². The van der Waals surface area contributed by atoms with Crippen LogP contribution >= 0.6 is 11.6 Å². The van der Waals surface area contributed by atoms with Gasteiger partial charge in [-0.25, -0.2) is 0 Å². The second-order valence-electron chi connectivity index (χ2n) is 1.70. The number of Topliss-reactive ketones (excluding diaryl/α,β-unsaturated/α-hetero) is 1. The molecule has 0 saturated carbocycles. The molecule has 0 saturated heterocycles. The summed E-state index contributed by atoms with van der Waals surface area (Å²) in [6.45, 7) is 1.19. The first-order chi connectivity index (χ1) is 3.48. The number of aliphatic hydroxyl groups is 1. The van der Waals surface area contributed by atoms with E-state index in [2.05, 4.69) is 0 Å². The van der Waals surface area contributed by atoms with Gasteiger partial charge in [-0.2, -0.15) is 0 Å². The highest BCUT2D eigenvalue weighted by atomic mass is 35.5. The minimum Gasteiger partial charge on any atom is -0.369 e. The lowest BCUT2D eigenvalue weighted by Crippen LogP contribution is -2.45. The van der Waals surface area contributed by atoms with Crippen LogP contribution in [-0.2, 0) is 4.79 Å². The van der Waals surface area contributed by atoms with E-state index in [-0.39, 0.29) is 5.88 Å². The predicted octanol–water partition coefficient (Wildman–Crippen LogP) is -0.538. The van der Waals surface area contributed by atoms with Crippen molar-refractivity contribution in [1.82, 2.24) is 0 Å². The fraction of sp³-hybridized carbons (Fsp3) is 0.750. The van der Waals surface area contributed by atoms with E-state index < -0.39 is 11.5 Å². The fourth-order valence-corrected chi connectivity index (χ4v) is 0.406. The van der Waals surface area contributed by atoms with E-state index in [4.69, 9.17) is 22.4 Å². The van der Waals surface area contributed by atoms with Gasteiger partial charge in [0.15, 0.2) is 11.5 Å². The maximum atomic E-state index is 10.3. The second-order valence-corrected chi connectivity index (χ2v) is 1.97. The van der Waals surface area contributed by atoms with Gasteiger partial charge in [0.1, 0.15) is 0 Å². The summed E-state index contributed by atoms with van der Waals surface area (Å²) in [6.07, 6.45) is 0. The Kier molecular flexibility index (Phi) is 2.40. The number of carbonyl (C=O) groups excluding carboxylic acids is 1. The normalized spacial score (nSPS) is 17.5. The minimum absolute atomic E-state index is 0.247. The third-order valence-corrected chi connectivity index (χ3v) is 0.929. The molecule has 8 heavy (non-hydrogen) atoms. The zero-order valence-electron chi connectivity index (χ0n) is 4.52. The average molecular weight is 138 g/mol. The highest BCUT2D eigenvalue weighted by Crippen LogP contribution is 1.95. The Morgan fingerprint density at radius 1 is 2.00 bits per heavy atom. The molecule has 0 heterocycles. The number of hydrogen-bond donors (Lipinski definition) is 2. The topological polar surface area (TPSA) is 63.3 Å². The molecular formula is C4H8ClNO2. The molecule has 0 aliphatic carbocycles. The van der Waals surface area contributed by atoms with Crippen LogP contribution in [0.2, 0.25) is 0 Å². The monoisotopic (exact) mass is 137 g/mol. The van der Waals surface area contributed by atoms with Crippen LogP contribution < -0.4 is 5.73 Å². The largest absolute Gasteiger partial charge is 0.369 e. The van der Waals surface area contributed by atoms with E-state index in [1.54, 1.807) is 0 Å².